The normalized spacial score (nSPS) is 21.3. The number of likely N-dealkylation sites (tertiary alicyclic amines) is 1. The van der Waals surface area contributed by atoms with E-state index < -0.39 is 0 Å². The quantitative estimate of drug-likeness (QED) is 0.867. The Hall–Kier alpha value is -1.80. The number of carbonyl (C=O) groups excluding carboxylic acids is 1. The first-order chi connectivity index (χ1) is 11.7. The lowest BCUT2D eigenvalue weighted by Gasteiger charge is -2.45. The monoisotopic (exact) mass is 347 g/mol. The Morgan fingerprint density at radius 3 is 2.71 bits per heavy atom. The number of tetrazole rings is 1. The van der Waals surface area contributed by atoms with E-state index in [0.717, 1.165) is 57.2 Å². The number of aliphatic hydroxyl groups excluding tert-OH is 1. The topological polar surface area (TPSA) is 95.0 Å². The van der Waals surface area contributed by atoms with Gasteiger partial charge >= 0.3 is 0 Å². The summed E-state index contributed by atoms with van der Waals surface area (Å²) in [6.07, 6.45) is 5.93. The van der Waals surface area contributed by atoms with Crippen molar-refractivity contribution >= 4 is 17.2 Å². The second-order valence-electron chi connectivity index (χ2n) is 6.92. The number of piperidine rings is 1. The van der Waals surface area contributed by atoms with Crippen molar-refractivity contribution in [2.75, 3.05) is 13.1 Å². The summed E-state index contributed by atoms with van der Waals surface area (Å²) < 4.78 is 0. The van der Waals surface area contributed by atoms with Crippen LogP contribution in [0.25, 0.3) is 11.4 Å². The molecule has 0 atom stereocenters. The van der Waals surface area contributed by atoms with E-state index in [1.807, 2.05) is 16.3 Å². The SMILES string of the molecule is O=C(c1sccc1-c1nn[nH]n1)N1CCC2(CCC(O)CC2)CC1. The predicted molar refractivity (Wildman–Crippen MR) is 89.5 cm³/mol. The summed E-state index contributed by atoms with van der Waals surface area (Å²) in [5.41, 5.74) is 1.09. The number of nitrogens with one attached hydrogen (secondary N) is 1. The van der Waals surface area contributed by atoms with Crippen LogP contribution in [0.2, 0.25) is 0 Å². The standard InChI is InChI=1S/C16H21N5O2S/c22-11-1-4-16(5-2-11)6-8-21(9-7-16)15(23)13-12(3-10-24-13)14-17-19-20-18-14/h3,10-11,22H,1-2,4-9H2,(H,17,18,19,20). The van der Waals surface area contributed by atoms with Gasteiger partial charge in [-0.1, -0.05) is 0 Å². The van der Waals surface area contributed by atoms with Gasteiger partial charge in [-0.05, 0) is 60.6 Å². The third kappa shape index (κ3) is 2.84. The Morgan fingerprint density at radius 1 is 1.29 bits per heavy atom. The molecule has 1 spiro atoms. The van der Waals surface area contributed by atoms with Crippen molar-refractivity contribution in [3.05, 3.63) is 16.3 Å². The summed E-state index contributed by atoms with van der Waals surface area (Å²) in [5.74, 6) is 0.532. The molecule has 2 fully saturated rings. The number of rotatable bonds is 2. The molecule has 1 amide bonds. The number of hydrogen-bond acceptors (Lipinski definition) is 6. The molecule has 1 saturated carbocycles. The molecule has 1 saturated heterocycles. The molecule has 2 aromatic heterocycles. The van der Waals surface area contributed by atoms with Crippen LogP contribution in [0.1, 0.15) is 48.2 Å². The highest BCUT2D eigenvalue weighted by Gasteiger charge is 2.39. The Morgan fingerprint density at radius 2 is 2.04 bits per heavy atom. The number of aliphatic hydroxyl groups is 1. The number of nitrogens with zero attached hydrogens (tertiary/aromatic N) is 4. The number of H-pyrrole nitrogens is 1. The average Bonchev–Trinajstić information content (AvgIpc) is 3.28. The van der Waals surface area contributed by atoms with Gasteiger partial charge in [-0.3, -0.25) is 4.79 Å². The smallest absolute Gasteiger partial charge is 0.264 e. The van der Waals surface area contributed by atoms with Crippen molar-refractivity contribution < 1.29 is 9.90 Å². The van der Waals surface area contributed by atoms with Gasteiger partial charge in [0, 0.05) is 18.7 Å². The highest BCUT2D eigenvalue weighted by molar-refractivity contribution is 7.12. The fourth-order valence-electron chi connectivity index (χ4n) is 3.97. The van der Waals surface area contributed by atoms with Crippen LogP contribution in [-0.2, 0) is 0 Å². The highest BCUT2D eigenvalue weighted by atomic mass is 32.1. The Bertz CT molecular complexity index is 696. The third-order valence-electron chi connectivity index (χ3n) is 5.57. The predicted octanol–water partition coefficient (Wildman–Crippen LogP) is 2.09. The van der Waals surface area contributed by atoms with Crippen LogP contribution in [0.15, 0.2) is 11.4 Å². The molecular weight excluding hydrogens is 326 g/mol. The number of thiophene rings is 1. The summed E-state index contributed by atoms with van der Waals surface area (Å²) in [6, 6.07) is 1.87. The zero-order valence-electron chi connectivity index (χ0n) is 13.4. The van der Waals surface area contributed by atoms with Crippen LogP contribution < -0.4 is 0 Å². The lowest BCUT2D eigenvalue weighted by molar-refractivity contribution is 0.0170. The van der Waals surface area contributed by atoms with Crippen LogP contribution in [0.5, 0.6) is 0 Å². The van der Waals surface area contributed by atoms with Crippen LogP contribution in [0, 0.1) is 5.41 Å². The van der Waals surface area contributed by atoms with Crippen molar-refractivity contribution in [3.8, 4) is 11.4 Å². The number of aromatic amines is 1. The maximum absolute atomic E-state index is 12.9. The molecule has 3 heterocycles. The van der Waals surface area contributed by atoms with Gasteiger partial charge in [-0.2, -0.15) is 5.21 Å². The molecule has 1 aliphatic carbocycles. The molecular formula is C16H21N5O2S. The van der Waals surface area contributed by atoms with Crippen molar-refractivity contribution in [1.29, 1.82) is 0 Å². The van der Waals surface area contributed by atoms with Crippen LogP contribution in [0.3, 0.4) is 0 Å². The lowest BCUT2D eigenvalue weighted by atomic mass is 9.67. The molecule has 2 aliphatic rings. The maximum atomic E-state index is 12.9. The van der Waals surface area contributed by atoms with Crippen LogP contribution in [-0.4, -0.2) is 55.7 Å². The molecule has 24 heavy (non-hydrogen) atoms. The number of carbonyl (C=O) groups is 1. The van der Waals surface area contributed by atoms with E-state index in [-0.39, 0.29) is 12.0 Å². The first-order valence-corrected chi connectivity index (χ1v) is 9.34. The van der Waals surface area contributed by atoms with Gasteiger partial charge in [0.2, 0.25) is 5.82 Å². The van der Waals surface area contributed by atoms with E-state index in [1.165, 1.54) is 11.3 Å². The number of aromatic nitrogens is 4. The molecule has 0 unspecified atom stereocenters. The van der Waals surface area contributed by atoms with Gasteiger partial charge in [0.1, 0.15) is 4.88 Å². The van der Waals surface area contributed by atoms with Crippen molar-refractivity contribution in [3.63, 3.8) is 0 Å². The molecule has 0 aromatic carbocycles. The second kappa shape index (κ2) is 6.25. The van der Waals surface area contributed by atoms with E-state index in [0.29, 0.717) is 16.1 Å². The second-order valence-corrected chi connectivity index (χ2v) is 7.84. The minimum absolute atomic E-state index is 0.0653. The summed E-state index contributed by atoms with van der Waals surface area (Å²) in [7, 11) is 0. The Labute approximate surface area is 144 Å². The molecule has 7 nitrogen and oxygen atoms in total. The van der Waals surface area contributed by atoms with Gasteiger partial charge in [-0.25, -0.2) is 0 Å². The van der Waals surface area contributed by atoms with Gasteiger partial charge in [-0.15, -0.1) is 21.5 Å². The molecule has 2 N–H and O–H groups in total. The van der Waals surface area contributed by atoms with Crippen LogP contribution >= 0.6 is 11.3 Å². The van der Waals surface area contributed by atoms with E-state index in [1.54, 1.807) is 0 Å². The molecule has 8 heteroatoms. The first kappa shape index (κ1) is 15.7. The maximum Gasteiger partial charge on any atom is 0.264 e. The molecule has 0 radical (unpaired) electrons. The molecule has 128 valence electrons. The van der Waals surface area contributed by atoms with Crippen LogP contribution in [0.4, 0.5) is 0 Å². The molecule has 0 bridgehead atoms. The minimum atomic E-state index is -0.126. The summed E-state index contributed by atoms with van der Waals surface area (Å²) in [5, 5.41) is 25.6. The average molecular weight is 347 g/mol. The zero-order chi connectivity index (χ0) is 16.6. The Kier molecular flexibility index (Phi) is 4.09. The minimum Gasteiger partial charge on any atom is -0.393 e. The van der Waals surface area contributed by atoms with E-state index >= 15 is 0 Å². The van der Waals surface area contributed by atoms with E-state index in [4.69, 9.17) is 0 Å². The highest BCUT2D eigenvalue weighted by Crippen LogP contribution is 2.45. The van der Waals surface area contributed by atoms with Gasteiger partial charge in [0.05, 0.1) is 6.10 Å². The molecule has 2 aromatic rings. The summed E-state index contributed by atoms with van der Waals surface area (Å²) in [4.78, 5) is 15.5. The summed E-state index contributed by atoms with van der Waals surface area (Å²) >= 11 is 1.43. The van der Waals surface area contributed by atoms with Crippen molar-refractivity contribution in [2.24, 2.45) is 5.41 Å². The van der Waals surface area contributed by atoms with E-state index in [9.17, 15) is 9.90 Å². The lowest BCUT2D eigenvalue weighted by Crippen LogP contribution is -2.44. The van der Waals surface area contributed by atoms with Crippen molar-refractivity contribution in [2.45, 2.75) is 44.6 Å². The van der Waals surface area contributed by atoms with Gasteiger partial charge in [0.15, 0.2) is 0 Å². The van der Waals surface area contributed by atoms with Gasteiger partial charge in [0.25, 0.3) is 5.91 Å². The fourth-order valence-corrected chi connectivity index (χ4v) is 4.83. The first-order valence-electron chi connectivity index (χ1n) is 8.46. The molecule has 1 aliphatic heterocycles. The third-order valence-corrected chi connectivity index (χ3v) is 6.48. The Balaban J connectivity index is 1.45. The summed E-state index contributed by atoms with van der Waals surface area (Å²) in [6.45, 7) is 1.58. The fraction of sp³-hybridized carbons (Fsp3) is 0.625. The number of hydrogen-bond donors (Lipinski definition) is 2. The number of amides is 1. The van der Waals surface area contributed by atoms with Crippen molar-refractivity contribution in [1.82, 2.24) is 25.5 Å². The molecule has 4 rings (SSSR count). The largest absolute Gasteiger partial charge is 0.393 e. The van der Waals surface area contributed by atoms with Gasteiger partial charge < -0.3 is 10.0 Å². The van der Waals surface area contributed by atoms with E-state index in [2.05, 4.69) is 20.6 Å². The zero-order valence-corrected chi connectivity index (χ0v) is 14.3.